The molecular formula is C15H26N2O3. The van der Waals surface area contributed by atoms with Gasteiger partial charge in [0.2, 0.25) is 0 Å². The Morgan fingerprint density at radius 1 is 1.05 bits per heavy atom. The van der Waals surface area contributed by atoms with Crippen molar-refractivity contribution in [3.8, 4) is 0 Å². The summed E-state index contributed by atoms with van der Waals surface area (Å²) in [5.41, 5.74) is 0. The highest BCUT2D eigenvalue weighted by Gasteiger charge is 2.31. The van der Waals surface area contributed by atoms with Gasteiger partial charge < -0.3 is 15.7 Å². The van der Waals surface area contributed by atoms with E-state index in [1.807, 2.05) is 0 Å². The van der Waals surface area contributed by atoms with Gasteiger partial charge in [0, 0.05) is 12.1 Å². The van der Waals surface area contributed by atoms with Gasteiger partial charge in [-0.2, -0.15) is 0 Å². The van der Waals surface area contributed by atoms with Crippen molar-refractivity contribution in [2.24, 2.45) is 11.8 Å². The predicted octanol–water partition coefficient (Wildman–Crippen LogP) is 2.51. The lowest BCUT2D eigenvalue weighted by atomic mass is 9.84. The van der Waals surface area contributed by atoms with Crippen LogP contribution in [-0.2, 0) is 4.79 Å². The molecule has 2 unspecified atom stereocenters. The number of rotatable bonds is 4. The van der Waals surface area contributed by atoms with Crippen molar-refractivity contribution in [1.82, 2.24) is 10.6 Å². The Labute approximate surface area is 120 Å². The maximum Gasteiger partial charge on any atom is 0.315 e. The number of carbonyl (C=O) groups is 2. The first-order valence-electron chi connectivity index (χ1n) is 7.88. The number of amides is 2. The molecule has 2 fully saturated rings. The molecule has 0 spiro atoms. The standard InChI is InChI=1S/C15H26N2O3/c1-2-10-4-3-5-12(8-10)16-15(20)17-13-7-6-11(9-13)14(18)19/h10-13H,2-9H2,1H3,(H,18,19)(H2,16,17,20)/t10?,11-,12?,13+/m1/s1. The van der Waals surface area contributed by atoms with Crippen LogP contribution in [0.4, 0.5) is 4.79 Å². The second-order valence-corrected chi connectivity index (χ2v) is 6.30. The van der Waals surface area contributed by atoms with Gasteiger partial charge in [0.15, 0.2) is 0 Å². The molecule has 2 rings (SSSR count). The first kappa shape index (κ1) is 15.1. The third-order valence-electron chi connectivity index (χ3n) is 4.81. The summed E-state index contributed by atoms with van der Waals surface area (Å²) in [5.74, 6) is -0.302. The molecule has 0 aromatic rings. The summed E-state index contributed by atoms with van der Waals surface area (Å²) in [6.45, 7) is 2.21. The molecule has 0 saturated heterocycles. The Bertz CT molecular complexity index is 359. The summed E-state index contributed by atoms with van der Waals surface area (Å²) >= 11 is 0. The number of urea groups is 1. The van der Waals surface area contributed by atoms with Crippen LogP contribution in [0, 0.1) is 11.8 Å². The monoisotopic (exact) mass is 282 g/mol. The summed E-state index contributed by atoms with van der Waals surface area (Å²) < 4.78 is 0. The average Bonchev–Trinajstić information content (AvgIpc) is 2.87. The summed E-state index contributed by atoms with van der Waals surface area (Å²) in [6.07, 6.45) is 7.79. The highest BCUT2D eigenvalue weighted by molar-refractivity contribution is 5.75. The third-order valence-corrected chi connectivity index (χ3v) is 4.81. The molecule has 0 heterocycles. The Morgan fingerprint density at radius 2 is 1.75 bits per heavy atom. The van der Waals surface area contributed by atoms with Gasteiger partial charge in [0.05, 0.1) is 5.92 Å². The van der Waals surface area contributed by atoms with Crippen LogP contribution in [0.2, 0.25) is 0 Å². The van der Waals surface area contributed by atoms with Crippen molar-refractivity contribution in [1.29, 1.82) is 0 Å². The SMILES string of the molecule is CCC1CCCC(NC(=O)N[C@H]2CC[C@@H](C(=O)O)C2)C1. The molecule has 2 aliphatic rings. The largest absolute Gasteiger partial charge is 0.481 e. The highest BCUT2D eigenvalue weighted by Crippen LogP contribution is 2.27. The zero-order valence-electron chi connectivity index (χ0n) is 12.2. The first-order chi connectivity index (χ1) is 9.58. The average molecular weight is 282 g/mol. The van der Waals surface area contributed by atoms with E-state index in [4.69, 9.17) is 5.11 Å². The van der Waals surface area contributed by atoms with Crippen molar-refractivity contribution < 1.29 is 14.7 Å². The van der Waals surface area contributed by atoms with Crippen LogP contribution < -0.4 is 10.6 Å². The van der Waals surface area contributed by atoms with Crippen molar-refractivity contribution in [2.75, 3.05) is 0 Å². The summed E-state index contributed by atoms with van der Waals surface area (Å²) in [4.78, 5) is 22.9. The molecule has 5 nitrogen and oxygen atoms in total. The topological polar surface area (TPSA) is 78.4 Å². The van der Waals surface area contributed by atoms with Gasteiger partial charge >= 0.3 is 12.0 Å². The normalized spacial score (nSPS) is 33.6. The van der Waals surface area contributed by atoms with Gasteiger partial charge in [-0.1, -0.05) is 26.2 Å². The van der Waals surface area contributed by atoms with E-state index in [0.29, 0.717) is 12.8 Å². The Hall–Kier alpha value is -1.26. The summed E-state index contributed by atoms with van der Waals surface area (Å²) in [7, 11) is 0. The molecule has 4 atom stereocenters. The van der Waals surface area contributed by atoms with Gasteiger partial charge in [0.1, 0.15) is 0 Å². The fourth-order valence-electron chi connectivity index (χ4n) is 3.54. The minimum Gasteiger partial charge on any atom is -0.481 e. The van der Waals surface area contributed by atoms with E-state index in [1.165, 1.54) is 19.3 Å². The van der Waals surface area contributed by atoms with E-state index >= 15 is 0 Å². The van der Waals surface area contributed by atoms with Crippen LogP contribution >= 0.6 is 0 Å². The minimum atomic E-state index is -0.743. The van der Waals surface area contributed by atoms with Gasteiger partial charge in [-0.3, -0.25) is 4.79 Å². The fraction of sp³-hybridized carbons (Fsp3) is 0.867. The predicted molar refractivity (Wildman–Crippen MR) is 76.5 cm³/mol. The first-order valence-corrected chi connectivity index (χ1v) is 7.88. The summed E-state index contributed by atoms with van der Waals surface area (Å²) in [5, 5.41) is 14.9. The van der Waals surface area contributed by atoms with Crippen molar-refractivity contribution in [2.45, 2.75) is 70.4 Å². The Morgan fingerprint density at radius 3 is 2.35 bits per heavy atom. The molecule has 0 aliphatic heterocycles. The molecule has 2 aliphatic carbocycles. The van der Waals surface area contributed by atoms with E-state index < -0.39 is 5.97 Å². The van der Waals surface area contributed by atoms with E-state index in [2.05, 4.69) is 17.6 Å². The van der Waals surface area contributed by atoms with Crippen molar-refractivity contribution in [3.05, 3.63) is 0 Å². The number of carbonyl (C=O) groups excluding carboxylic acids is 1. The molecule has 0 bridgehead atoms. The molecule has 2 amide bonds. The Balaban J connectivity index is 1.71. The zero-order valence-corrected chi connectivity index (χ0v) is 12.2. The lowest BCUT2D eigenvalue weighted by Gasteiger charge is -2.29. The van der Waals surface area contributed by atoms with Crippen LogP contribution in [0.25, 0.3) is 0 Å². The van der Waals surface area contributed by atoms with Crippen LogP contribution in [0.3, 0.4) is 0 Å². The van der Waals surface area contributed by atoms with Gasteiger partial charge in [-0.15, -0.1) is 0 Å². The molecule has 20 heavy (non-hydrogen) atoms. The van der Waals surface area contributed by atoms with Crippen molar-refractivity contribution in [3.63, 3.8) is 0 Å². The van der Waals surface area contributed by atoms with E-state index in [0.717, 1.165) is 25.2 Å². The van der Waals surface area contributed by atoms with E-state index in [-0.39, 0.29) is 24.0 Å². The number of hydrogen-bond donors (Lipinski definition) is 3. The highest BCUT2D eigenvalue weighted by atomic mass is 16.4. The number of aliphatic carboxylic acids is 1. The van der Waals surface area contributed by atoms with Crippen molar-refractivity contribution >= 4 is 12.0 Å². The van der Waals surface area contributed by atoms with Crippen LogP contribution in [0.5, 0.6) is 0 Å². The number of carboxylic acid groups (broad SMARTS) is 1. The number of nitrogens with one attached hydrogen (secondary N) is 2. The van der Waals surface area contributed by atoms with Crippen LogP contribution in [0.15, 0.2) is 0 Å². The Kier molecular flexibility index (Phi) is 5.26. The number of hydrogen-bond acceptors (Lipinski definition) is 2. The second kappa shape index (κ2) is 6.95. The smallest absolute Gasteiger partial charge is 0.315 e. The van der Waals surface area contributed by atoms with Gasteiger partial charge in [-0.25, -0.2) is 4.79 Å². The lowest BCUT2D eigenvalue weighted by molar-refractivity contribution is -0.141. The minimum absolute atomic E-state index is 0.0154. The quantitative estimate of drug-likeness (QED) is 0.741. The van der Waals surface area contributed by atoms with Crippen LogP contribution in [-0.4, -0.2) is 29.2 Å². The van der Waals surface area contributed by atoms with Gasteiger partial charge in [-0.05, 0) is 38.0 Å². The molecule has 3 N–H and O–H groups in total. The lowest BCUT2D eigenvalue weighted by Crippen LogP contribution is -2.47. The molecule has 0 radical (unpaired) electrons. The fourth-order valence-corrected chi connectivity index (χ4v) is 3.54. The van der Waals surface area contributed by atoms with Crippen LogP contribution in [0.1, 0.15) is 58.3 Å². The van der Waals surface area contributed by atoms with E-state index in [1.54, 1.807) is 0 Å². The molecule has 5 heteroatoms. The maximum atomic E-state index is 12.0. The zero-order chi connectivity index (χ0) is 14.5. The maximum absolute atomic E-state index is 12.0. The second-order valence-electron chi connectivity index (χ2n) is 6.30. The number of carboxylic acids is 1. The molecule has 0 aromatic carbocycles. The molecule has 0 aromatic heterocycles. The molecular weight excluding hydrogens is 256 g/mol. The molecule has 2 saturated carbocycles. The van der Waals surface area contributed by atoms with Gasteiger partial charge in [0.25, 0.3) is 0 Å². The summed E-state index contributed by atoms with van der Waals surface area (Å²) in [6, 6.07) is 0.176. The third kappa shape index (κ3) is 4.12. The van der Waals surface area contributed by atoms with E-state index in [9.17, 15) is 9.59 Å². The molecule has 114 valence electrons.